The molecule has 0 spiro atoms. The van der Waals surface area contributed by atoms with E-state index in [0.29, 0.717) is 11.6 Å². The predicted molar refractivity (Wildman–Crippen MR) is 56.5 cm³/mol. The lowest BCUT2D eigenvalue weighted by Gasteiger charge is -2.07. The molecule has 3 rings (SSSR count). The predicted octanol–water partition coefficient (Wildman–Crippen LogP) is 1.89. The second-order valence-corrected chi connectivity index (χ2v) is 4.22. The first-order valence-electron chi connectivity index (χ1n) is 5.27. The molecule has 0 aliphatic heterocycles. The summed E-state index contributed by atoms with van der Waals surface area (Å²) >= 11 is 0. The number of aromatic nitrogens is 3. The van der Waals surface area contributed by atoms with Crippen LogP contribution in [-0.4, -0.2) is 20.3 Å². The third-order valence-corrected chi connectivity index (χ3v) is 2.87. The number of pyridine rings is 1. The Labute approximate surface area is 87.3 Å². The fraction of sp³-hybridized carbons (Fsp3) is 0.455. The van der Waals surface area contributed by atoms with Crippen molar-refractivity contribution in [3.05, 3.63) is 23.7 Å². The summed E-state index contributed by atoms with van der Waals surface area (Å²) in [5, 5.41) is 17.6. The largest absolute Gasteiger partial charge is 0.387 e. The van der Waals surface area contributed by atoms with Gasteiger partial charge < -0.3 is 5.11 Å². The Hall–Kier alpha value is -1.42. The summed E-state index contributed by atoms with van der Waals surface area (Å²) in [7, 11) is 0. The first kappa shape index (κ1) is 8.85. The molecule has 2 aromatic heterocycles. The van der Waals surface area contributed by atoms with Crippen LogP contribution in [0.4, 0.5) is 0 Å². The number of fused-ring (bicyclic) bond motifs is 1. The Morgan fingerprint density at radius 1 is 1.53 bits per heavy atom. The fourth-order valence-corrected chi connectivity index (χ4v) is 1.89. The van der Waals surface area contributed by atoms with E-state index in [1.807, 2.05) is 0 Å². The molecule has 4 heteroatoms. The number of hydrogen-bond acceptors (Lipinski definition) is 3. The molecule has 0 saturated heterocycles. The van der Waals surface area contributed by atoms with E-state index in [-0.39, 0.29) is 0 Å². The smallest absolute Gasteiger partial charge is 0.0953 e. The van der Waals surface area contributed by atoms with Crippen molar-refractivity contribution in [3.8, 4) is 0 Å². The quantitative estimate of drug-likeness (QED) is 0.783. The average molecular weight is 203 g/mol. The van der Waals surface area contributed by atoms with Gasteiger partial charge in [-0.05, 0) is 25.8 Å². The molecule has 15 heavy (non-hydrogen) atoms. The number of aliphatic hydroxyl groups excluding tert-OH is 1. The van der Waals surface area contributed by atoms with Crippen molar-refractivity contribution in [1.29, 1.82) is 0 Å². The van der Waals surface area contributed by atoms with Crippen LogP contribution in [0, 0.1) is 0 Å². The van der Waals surface area contributed by atoms with Crippen molar-refractivity contribution in [2.24, 2.45) is 0 Å². The maximum Gasteiger partial charge on any atom is 0.0953 e. The summed E-state index contributed by atoms with van der Waals surface area (Å²) in [4.78, 5) is 4.51. The molecule has 2 aromatic rings. The van der Waals surface area contributed by atoms with Gasteiger partial charge in [0, 0.05) is 17.0 Å². The van der Waals surface area contributed by atoms with Gasteiger partial charge in [0.15, 0.2) is 0 Å². The molecule has 1 unspecified atom stereocenters. The Kier molecular flexibility index (Phi) is 1.79. The van der Waals surface area contributed by atoms with Crippen LogP contribution in [0.25, 0.3) is 10.9 Å². The number of aliphatic hydroxyl groups is 1. The maximum absolute atomic E-state index is 9.66. The molecule has 1 aliphatic carbocycles. The normalized spacial score (nSPS) is 18.3. The first-order valence-corrected chi connectivity index (χ1v) is 5.27. The molecular formula is C11H13N3O. The molecule has 2 heterocycles. The number of nitrogens with one attached hydrogen (secondary N) is 1. The fourth-order valence-electron chi connectivity index (χ4n) is 1.89. The van der Waals surface area contributed by atoms with Gasteiger partial charge >= 0.3 is 0 Å². The molecule has 1 fully saturated rings. The second-order valence-electron chi connectivity index (χ2n) is 4.22. The lowest BCUT2D eigenvalue weighted by atomic mass is 10.1. The van der Waals surface area contributed by atoms with Gasteiger partial charge in [0.1, 0.15) is 0 Å². The van der Waals surface area contributed by atoms with Crippen molar-refractivity contribution in [2.75, 3.05) is 0 Å². The van der Waals surface area contributed by atoms with Gasteiger partial charge in [0.25, 0.3) is 0 Å². The van der Waals surface area contributed by atoms with Gasteiger partial charge in [-0.3, -0.25) is 10.1 Å². The van der Waals surface area contributed by atoms with Crippen LogP contribution in [0.15, 0.2) is 12.3 Å². The number of aromatic amines is 1. The summed E-state index contributed by atoms with van der Waals surface area (Å²) in [6.45, 7) is 1.74. The summed E-state index contributed by atoms with van der Waals surface area (Å²) in [5.74, 6) is 0.599. The summed E-state index contributed by atoms with van der Waals surface area (Å²) in [5.41, 5.74) is 2.67. The molecule has 4 nitrogen and oxygen atoms in total. The molecule has 78 valence electrons. The molecule has 2 N–H and O–H groups in total. The molecule has 0 radical (unpaired) electrons. The minimum atomic E-state index is -0.549. The van der Waals surface area contributed by atoms with Gasteiger partial charge in [-0.25, -0.2) is 0 Å². The summed E-state index contributed by atoms with van der Waals surface area (Å²) < 4.78 is 0. The van der Waals surface area contributed by atoms with Crippen LogP contribution in [0.5, 0.6) is 0 Å². The van der Waals surface area contributed by atoms with Crippen LogP contribution >= 0.6 is 0 Å². The Bertz CT molecular complexity index is 500. The lowest BCUT2D eigenvalue weighted by molar-refractivity contribution is 0.195. The zero-order valence-electron chi connectivity index (χ0n) is 8.57. The van der Waals surface area contributed by atoms with Crippen LogP contribution in [0.2, 0.25) is 0 Å². The number of nitrogens with zero attached hydrogens (tertiary/aromatic N) is 2. The van der Waals surface area contributed by atoms with Crippen molar-refractivity contribution < 1.29 is 5.11 Å². The van der Waals surface area contributed by atoms with Gasteiger partial charge in [0.2, 0.25) is 0 Å². The highest BCUT2D eigenvalue weighted by molar-refractivity contribution is 5.80. The van der Waals surface area contributed by atoms with E-state index in [4.69, 9.17) is 0 Å². The van der Waals surface area contributed by atoms with Crippen LogP contribution in [0.1, 0.15) is 43.2 Å². The Balaban J connectivity index is 2.23. The van der Waals surface area contributed by atoms with E-state index in [0.717, 1.165) is 16.6 Å². The van der Waals surface area contributed by atoms with Gasteiger partial charge in [-0.15, -0.1) is 0 Å². The molecule has 1 aliphatic rings. The highest BCUT2D eigenvalue weighted by atomic mass is 16.3. The monoisotopic (exact) mass is 203 g/mol. The average Bonchev–Trinajstić information content (AvgIpc) is 2.95. The van der Waals surface area contributed by atoms with Crippen LogP contribution in [0.3, 0.4) is 0 Å². The van der Waals surface area contributed by atoms with E-state index in [2.05, 4.69) is 21.2 Å². The summed E-state index contributed by atoms with van der Waals surface area (Å²) in [6, 6.07) is 2.07. The van der Waals surface area contributed by atoms with Gasteiger partial charge in [-0.2, -0.15) is 5.10 Å². The highest BCUT2D eigenvalue weighted by Crippen LogP contribution is 2.40. The first-order chi connectivity index (χ1) is 7.25. The van der Waals surface area contributed by atoms with Gasteiger partial charge in [-0.1, -0.05) is 0 Å². The zero-order chi connectivity index (χ0) is 10.4. The van der Waals surface area contributed by atoms with Crippen molar-refractivity contribution in [2.45, 2.75) is 31.8 Å². The third kappa shape index (κ3) is 1.41. The second kappa shape index (κ2) is 3.03. The molecule has 0 amide bonds. The van der Waals surface area contributed by atoms with Crippen LogP contribution < -0.4 is 0 Å². The van der Waals surface area contributed by atoms with Crippen LogP contribution in [-0.2, 0) is 0 Å². The van der Waals surface area contributed by atoms with E-state index >= 15 is 0 Å². The zero-order valence-corrected chi connectivity index (χ0v) is 8.57. The standard InChI is InChI=1S/C11H13N3O/c1-6(15)10-11-8(5-12-14-11)4-9(13-10)7-2-3-7/h4-7,15H,2-3H2,1H3,(H,12,14). The van der Waals surface area contributed by atoms with Crippen molar-refractivity contribution in [1.82, 2.24) is 15.2 Å². The molecular weight excluding hydrogens is 190 g/mol. The summed E-state index contributed by atoms with van der Waals surface area (Å²) in [6.07, 6.45) is 3.67. The number of rotatable bonds is 2. The van der Waals surface area contributed by atoms with E-state index in [9.17, 15) is 5.11 Å². The highest BCUT2D eigenvalue weighted by Gasteiger charge is 2.26. The minimum Gasteiger partial charge on any atom is -0.387 e. The van der Waals surface area contributed by atoms with E-state index in [1.54, 1.807) is 13.1 Å². The lowest BCUT2D eigenvalue weighted by Crippen LogP contribution is -2.00. The Morgan fingerprint density at radius 3 is 3.00 bits per heavy atom. The molecule has 0 bridgehead atoms. The topological polar surface area (TPSA) is 61.8 Å². The van der Waals surface area contributed by atoms with Gasteiger partial charge in [0.05, 0.1) is 23.5 Å². The van der Waals surface area contributed by atoms with Crippen molar-refractivity contribution in [3.63, 3.8) is 0 Å². The Morgan fingerprint density at radius 2 is 2.33 bits per heavy atom. The van der Waals surface area contributed by atoms with E-state index in [1.165, 1.54) is 12.8 Å². The minimum absolute atomic E-state index is 0.549. The number of H-pyrrole nitrogens is 1. The molecule has 1 atom stereocenters. The SMILES string of the molecule is CC(O)c1nc(C2CC2)cc2cn[nH]c12. The number of hydrogen-bond donors (Lipinski definition) is 2. The maximum atomic E-state index is 9.66. The third-order valence-electron chi connectivity index (χ3n) is 2.87. The molecule has 0 aromatic carbocycles. The van der Waals surface area contributed by atoms with E-state index < -0.39 is 6.10 Å². The van der Waals surface area contributed by atoms with Crippen molar-refractivity contribution >= 4 is 10.9 Å². The molecule has 1 saturated carbocycles.